The first-order chi connectivity index (χ1) is 14.0. The molecule has 0 radical (unpaired) electrons. The van der Waals surface area contributed by atoms with Gasteiger partial charge in [-0.15, -0.1) is 11.3 Å². The van der Waals surface area contributed by atoms with E-state index in [4.69, 9.17) is 4.84 Å². The van der Waals surface area contributed by atoms with Crippen LogP contribution in [0.25, 0.3) is 0 Å². The molecule has 3 aromatic rings. The van der Waals surface area contributed by atoms with Crippen LogP contribution in [0.5, 0.6) is 0 Å². The molecule has 0 atom stereocenters. The van der Waals surface area contributed by atoms with Crippen molar-refractivity contribution < 1.29 is 19.5 Å². The molecule has 148 valence electrons. The first-order valence-electron chi connectivity index (χ1n) is 8.59. The third-order valence-corrected chi connectivity index (χ3v) is 5.55. The number of halogens is 1. The maximum Gasteiger partial charge on any atom is 0.440 e. The number of amides is 1. The summed E-state index contributed by atoms with van der Waals surface area (Å²) in [6.07, 6.45) is -0.766. The minimum atomic E-state index is -1.13. The molecule has 0 bridgehead atoms. The molecule has 29 heavy (non-hydrogen) atoms. The Morgan fingerprint density at radius 1 is 1.10 bits per heavy atom. The summed E-state index contributed by atoms with van der Waals surface area (Å²) in [6, 6.07) is 17.4. The van der Waals surface area contributed by atoms with Crippen LogP contribution in [0.3, 0.4) is 0 Å². The van der Waals surface area contributed by atoms with Gasteiger partial charge in [-0.25, -0.2) is 9.59 Å². The van der Waals surface area contributed by atoms with Crippen LogP contribution in [0, 0.1) is 0 Å². The Balaban J connectivity index is 1.92. The van der Waals surface area contributed by atoms with Gasteiger partial charge in [0.05, 0.1) is 28.4 Å². The van der Waals surface area contributed by atoms with Gasteiger partial charge in [-0.3, -0.25) is 9.74 Å². The number of nitrogens with zero attached hydrogens (tertiary/aromatic N) is 2. The summed E-state index contributed by atoms with van der Waals surface area (Å²) in [7, 11) is 0. The molecule has 1 heterocycles. The van der Waals surface area contributed by atoms with Crippen molar-refractivity contribution in [1.82, 2.24) is 0 Å². The van der Waals surface area contributed by atoms with Crippen molar-refractivity contribution in [2.45, 2.75) is 13.5 Å². The van der Waals surface area contributed by atoms with E-state index in [2.05, 4.69) is 21.1 Å². The monoisotopic (exact) mass is 472 g/mol. The molecule has 8 heteroatoms. The topological polar surface area (TPSA) is 79.2 Å². The largest absolute Gasteiger partial charge is 0.478 e. The quantitative estimate of drug-likeness (QED) is 0.280. The fourth-order valence-corrected chi connectivity index (χ4v) is 3.53. The molecule has 1 aromatic heterocycles. The maximum atomic E-state index is 12.9. The van der Waals surface area contributed by atoms with Gasteiger partial charge in [0.2, 0.25) is 0 Å². The second-order valence-electron chi connectivity index (χ2n) is 6.05. The molecule has 3 rings (SSSR count). The lowest BCUT2D eigenvalue weighted by molar-refractivity contribution is 0.0697. The number of oxime groups is 1. The summed E-state index contributed by atoms with van der Waals surface area (Å²) < 4.78 is 0.900. The van der Waals surface area contributed by atoms with Crippen LogP contribution in [0.4, 0.5) is 10.5 Å². The minimum Gasteiger partial charge on any atom is -0.478 e. The van der Waals surface area contributed by atoms with Crippen molar-refractivity contribution in [1.29, 1.82) is 0 Å². The first-order valence-corrected chi connectivity index (χ1v) is 10.3. The number of anilines is 1. The molecule has 0 saturated carbocycles. The van der Waals surface area contributed by atoms with Crippen molar-refractivity contribution in [2.24, 2.45) is 5.16 Å². The third kappa shape index (κ3) is 5.30. The van der Waals surface area contributed by atoms with E-state index >= 15 is 0 Å². The van der Waals surface area contributed by atoms with E-state index in [1.165, 1.54) is 22.3 Å². The van der Waals surface area contributed by atoms with E-state index in [1.54, 1.807) is 25.1 Å². The van der Waals surface area contributed by atoms with E-state index in [-0.39, 0.29) is 17.8 Å². The highest BCUT2D eigenvalue weighted by Gasteiger charge is 2.23. The Bertz CT molecular complexity index is 1030. The molecule has 0 unspecified atom stereocenters. The number of carboxylic acids is 1. The Morgan fingerprint density at radius 3 is 2.48 bits per heavy atom. The van der Waals surface area contributed by atoms with Crippen molar-refractivity contribution in [3.05, 3.63) is 86.5 Å². The predicted octanol–water partition coefficient (Wildman–Crippen LogP) is 5.78. The van der Waals surface area contributed by atoms with Gasteiger partial charge >= 0.3 is 12.1 Å². The number of hydrogen-bond donors (Lipinski definition) is 1. The van der Waals surface area contributed by atoms with Crippen LogP contribution >= 0.6 is 27.3 Å². The molecule has 1 N–H and O–H groups in total. The van der Waals surface area contributed by atoms with E-state index in [1.807, 2.05) is 41.8 Å². The highest BCUT2D eigenvalue weighted by molar-refractivity contribution is 9.10. The second-order valence-corrected chi connectivity index (χ2v) is 7.91. The highest BCUT2D eigenvalue weighted by Crippen LogP contribution is 2.24. The van der Waals surface area contributed by atoms with E-state index < -0.39 is 12.1 Å². The Kier molecular flexibility index (Phi) is 6.79. The number of carbonyl (C=O) groups is 2. The summed E-state index contributed by atoms with van der Waals surface area (Å²) in [4.78, 5) is 31.8. The van der Waals surface area contributed by atoms with Gasteiger partial charge in [0.25, 0.3) is 0 Å². The summed E-state index contributed by atoms with van der Waals surface area (Å²) in [5, 5.41) is 15.4. The van der Waals surface area contributed by atoms with Gasteiger partial charge in [0, 0.05) is 4.47 Å². The molecule has 0 saturated heterocycles. The first kappa shape index (κ1) is 20.8. The number of thiophene rings is 1. The lowest BCUT2D eigenvalue weighted by Crippen LogP contribution is -2.31. The predicted molar refractivity (Wildman–Crippen MR) is 117 cm³/mol. The van der Waals surface area contributed by atoms with E-state index in [9.17, 15) is 14.7 Å². The molecule has 0 aliphatic heterocycles. The molecule has 0 fully saturated rings. The second kappa shape index (κ2) is 9.49. The summed E-state index contributed by atoms with van der Waals surface area (Å²) >= 11 is 4.86. The number of carboxylic acid groups (broad SMARTS) is 1. The number of para-hydroxylation sites is 1. The summed E-state index contributed by atoms with van der Waals surface area (Å²) in [5.41, 5.74) is 1.60. The SMILES string of the molecule is CC(=NOC(=O)N(Cc1ccc(Br)cc1)c1ccccc1C(=O)O)c1cccs1. The standard InChI is InChI=1S/C21H17BrN2O4S/c1-14(19-7-4-12-29-19)23-28-21(27)24(13-15-8-10-16(22)11-9-15)18-6-3-2-5-17(18)20(25)26/h2-12H,13H2,1H3,(H,25,26). The molecule has 1 amide bonds. The van der Waals surface area contributed by atoms with Crippen LogP contribution in [0.1, 0.15) is 27.7 Å². The summed E-state index contributed by atoms with van der Waals surface area (Å²) in [6.45, 7) is 1.87. The summed E-state index contributed by atoms with van der Waals surface area (Å²) in [5.74, 6) is -1.13. The van der Waals surface area contributed by atoms with Crippen LogP contribution in [-0.2, 0) is 11.4 Å². The van der Waals surface area contributed by atoms with Gasteiger partial charge < -0.3 is 5.11 Å². The zero-order chi connectivity index (χ0) is 20.8. The Morgan fingerprint density at radius 2 is 1.83 bits per heavy atom. The van der Waals surface area contributed by atoms with Gasteiger partial charge in [0.15, 0.2) is 0 Å². The van der Waals surface area contributed by atoms with Gasteiger partial charge in [-0.1, -0.05) is 51.4 Å². The normalized spacial score (nSPS) is 11.2. The van der Waals surface area contributed by atoms with Gasteiger partial charge in [0.1, 0.15) is 0 Å². The molecular weight excluding hydrogens is 456 g/mol. The van der Waals surface area contributed by atoms with Crippen molar-refractivity contribution >= 4 is 50.7 Å². The van der Waals surface area contributed by atoms with Gasteiger partial charge in [-0.2, -0.15) is 0 Å². The number of carbonyl (C=O) groups excluding carboxylic acids is 1. The Hall–Kier alpha value is -2.97. The molecular formula is C21H17BrN2O4S. The average molecular weight is 473 g/mol. The zero-order valence-electron chi connectivity index (χ0n) is 15.4. The zero-order valence-corrected chi connectivity index (χ0v) is 17.8. The van der Waals surface area contributed by atoms with Crippen LogP contribution in [-0.4, -0.2) is 22.9 Å². The molecule has 2 aromatic carbocycles. The highest BCUT2D eigenvalue weighted by atomic mass is 79.9. The number of aromatic carboxylic acids is 1. The lowest BCUT2D eigenvalue weighted by atomic mass is 10.1. The fourth-order valence-electron chi connectivity index (χ4n) is 2.60. The maximum absolute atomic E-state index is 12.9. The van der Waals surface area contributed by atoms with E-state index in [0.29, 0.717) is 5.71 Å². The number of benzene rings is 2. The number of hydrogen-bond acceptors (Lipinski definition) is 5. The third-order valence-electron chi connectivity index (χ3n) is 4.04. The van der Waals surface area contributed by atoms with Crippen LogP contribution in [0.15, 0.2) is 75.7 Å². The molecule has 6 nitrogen and oxygen atoms in total. The van der Waals surface area contributed by atoms with E-state index in [0.717, 1.165) is 14.9 Å². The average Bonchev–Trinajstić information content (AvgIpc) is 3.26. The van der Waals surface area contributed by atoms with Crippen LogP contribution in [0.2, 0.25) is 0 Å². The van der Waals surface area contributed by atoms with Crippen molar-refractivity contribution in [3.8, 4) is 0 Å². The smallest absolute Gasteiger partial charge is 0.440 e. The Labute approximate surface area is 180 Å². The van der Waals surface area contributed by atoms with Crippen LogP contribution < -0.4 is 4.90 Å². The molecule has 0 aliphatic rings. The van der Waals surface area contributed by atoms with Crippen molar-refractivity contribution in [3.63, 3.8) is 0 Å². The van der Waals surface area contributed by atoms with Crippen molar-refractivity contribution in [2.75, 3.05) is 4.90 Å². The fraction of sp³-hybridized carbons (Fsp3) is 0.0952. The lowest BCUT2D eigenvalue weighted by Gasteiger charge is -2.22. The molecule has 0 aliphatic carbocycles. The number of rotatable bonds is 6. The minimum absolute atomic E-state index is 0.000481. The van der Waals surface area contributed by atoms with Gasteiger partial charge in [-0.05, 0) is 48.2 Å². The molecule has 0 spiro atoms.